The van der Waals surface area contributed by atoms with Crippen LogP contribution in [-0.4, -0.2) is 24.0 Å². The first-order valence-corrected chi connectivity index (χ1v) is 6.91. The average Bonchev–Trinajstić information content (AvgIpc) is 2.99. The van der Waals surface area contributed by atoms with E-state index in [9.17, 15) is 9.18 Å². The number of hydrogen-bond donors (Lipinski definition) is 2. The molecule has 0 bridgehead atoms. The number of furan rings is 1. The number of anilines is 1. The Bertz CT molecular complexity index is 585. The molecule has 0 spiro atoms. The Labute approximate surface area is 122 Å². The standard InChI is InChI=1S/C15H18FN3O2/c1-2-7-17-14-13(16)12(6-9-18-14)15(20)19-8-5-11-4-3-10-21-11/h3-4,6,9-10H,2,5,7-8H2,1H3,(H,17,18)(H,19,20). The van der Waals surface area contributed by atoms with Gasteiger partial charge in [0, 0.05) is 25.7 Å². The zero-order chi connectivity index (χ0) is 15.1. The van der Waals surface area contributed by atoms with Crippen molar-refractivity contribution in [3.05, 3.63) is 47.8 Å². The Hall–Kier alpha value is -2.37. The molecule has 1 amide bonds. The van der Waals surface area contributed by atoms with Gasteiger partial charge < -0.3 is 15.1 Å². The minimum absolute atomic E-state index is 0.0111. The molecule has 0 radical (unpaired) electrons. The predicted molar refractivity (Wildman–Crippen MR) is 77.7 cm³/mol. The van der Waals surface area contributed by atoms with Crippen molar-refractivity contribution < 1.29 is 13.6 Å². The van der Waals surface area contributed by atoms with Crippen LogP contribution in [0, 0.1) is 5.82 Å². The van der Waals surface area contributed by atoms with Crippen molar-refractivity contribution in [2.24, 2.45) is 0 Å². The van der Waals surface area contributed by atoms with E-state index in [-0.39, 0.29) is 11.4 Å². The van der Waals surface area contributed by atoms with Gasteiger partial charge in [-0.2, -0.15) is 0 Å². The summed E-state index contributed by atoms with van der Waals surface area (Å²) in [6.07, 6.45) is 4.40. The summed E-state index contributed by atoms with van der Waals surface area (Å²) in [5, 5.41) is 5.52. The lowest BCUT2D eigenvalue weighted by molar-refractivity contribution is 0.0949. The van der Waals surface area contributed by atoms with Gasteiger partial charge in [-0.1, -0.05) is 6.92 Å². The lowest BCUT2D eigenvalue weighted by atomic mass is 10.2. The van der Waals surface area contributed by atoms with E-state index in [1.54, 1.807) is 12.3 Å². The molecule has 6 heteroatoms. The first kappa shape index (κ1) is 15.0. The molecule has 2 aromatic rings. The zero-order valence-electron chi connectivity index (χ0n) is 11.9. The number of rotatable bonds is 7. The molecule has 5 nitrogen and oxygen atoms in total. The van der Waals surface area contributed by atoms with Crippen LogP contribution in [0.15, 0.2) is 35.1 Å². The fourth-order valence-corrected chi connectivity index (χ4v) is 1.84. The summed E-state index contributed by atoms with van der Waals surface area (Å²) >= 11 is 0. The highest BCUT2D eigenvalue weighted by Crippen LogP contribution is 2.15. The summed E-state index contributed by atoms with van der Waals surface area (Å²) in [5.74, 6) is -0.200. The Morgan fingerprint density at radius 3 is 2.95 bits per heavy atom. The van der Waals surface area contributed by atoms with Crippen molar-refractivity contribution in [1.82, 2.24) is 10.3 Å². The van der Waals surface area contributed by atoms with Crippen LogP contribution in [-0.2, 0) is 6.42 Å². The van der Waals surface area contributed by atoms with Crippen LogP contribution in [0.1, 0.15) is 29.5 Å². The van der Waals surface area contributed by atoms with E-state index in [0.717, 1.165) is 12.2 Å². The van der Waals surface area contributed by atoms with Gasteiger partial charge in [-0.15, -0.1) is 0 Å². The van der Waals surface area contributed by atoms with Crippen molar-refractivity contribution in [2.45, 2.75) is 19.8 Å². The van der Waals surface area contributed by atoms with Gasteiger partial charge in [-0.3, -0.25) is 4.79 Å². The van der Waals surface area contributed by atoms with Gasteiger partial charge in [0.25, 0.3) is 5.91 Å². The first-order valence-electron chi connectivity index (χ1n) is 6.91. The molecule has 0 unspecified atom stereocenters. The molecular weight excluding hydrogens is 273 g/mol. The van der Waals surface area contributed by atoms with Crippen molar-refractivity contribution in [3.63, 3.8) is 0 Å². The molecule has 2 heterocycles. The smallest absolute Gasteiger partial charge is 0.254 e. The highest BCUT2D eigenvalue weighted by Gasteiger charge is 2.15. The molecule has 2 aromatic heterocycles. The number of hydrogen-bond acceptors (Lipinski definition) is 4. The number of carbonyl (C=O) groups excluding carboxylic acids is 1. The largest absolute Gasteiger partial charge is 0.469 e. The second-order valence-corrected chi connectivity index (χ2v) is 4.53. The van der Waals surface area contributed by atoms with E-state index >= 15 is 0 Å². The minimum atomic E-state index is -0.624. The number of amides is 1. The van der Waals surface area contributed by atoms with E-state index in [1.807, 2.05) is 13.0 Å². The molecule has 112 valence electrons. The highest BCUT2D eigenvalue weighted by atomic mass is 19.1. The summed E-state index contributed by atoms with van der Waals surface area (Å²) in [6.45, 7) is 2.95. The first-order chi connectivity index (χ1) is 10.2. The third-order valence-corrected chi connectivity index (χ3v) is 2.91. The van der Waals surface area contributed by atoms with Gasteiger partial charge in [0.15, 0.2) is 11.6 Å². The quantitative estimate of drug-likeness (QED) is 0.823. The van der Waals surface area contributed by atoms with E-state index in [0.29, 0.717) is 19.5 Å². The summed E-state index contributed by atoms with van der Waals surface area (Å²) in [5.41, 5.74) is -0.0111. The molecule has 0 fully saturated rings. The van der Waals surface area contributed by atoms with E-state index < -0.39 is 11.7 Å². The van der Waals surface area contributed by atoms with E-state index in [2.05, 4.69) is 15.6 Å². The molecular formula is C15H18FN3O2. The monoisotopic (exact) mass is 291 g/mol. The molecule has 0 saturated carbocycles. The minimum Gasteiger partial charge on any atom is -0.469 e. The number of aromatic nitrogens is 1. The SMILES string of the molecule is CCCNc1nccc(C(=O)NCCc2ccco2)c1F. The zero-order valence-corrected chi connectivity index (χ0v) is 11.9. The highest BCUT2D eigenvalue weighted by molar-refractivity contribution is 5.95. The third-order valence-electron chi connectivity index (χ3n) is 2.91. The second-order valence-electron chi connectivity index (χ2n) is 4.53. The van der Waals surface area contributed by atoms with Crippen molar-refractivity contribution in [1.29, 1.82) is 0 Å². The fourth-order valence-electron chi connectivity index (χ4n) is 1.84. The van der Waals surface area contributed by atoms with E-state index in [1.165, 1.54) is 12.3 Å². The predicted octanol–water partition coefficient (Wildman–Crippen LogP) is 2.61. The summed E-state index contributed by atoms with van der Waals surface area (Å²) < 4.78 is 19.3. The fraction of sp³-hybridized carbons (Fsp3) is 0.333. The summed E-state index contributed by atoms with van der Waals surface area (Å²) in [7, 11) is 0. The van der Waals surface area contributed by atoms with Gasteiger partial charge in [0.1, 0.15) is 5.76 Å². The van der Waals surface area contributed by atoms with Crippen LogP contribution < -0.4 is 10.6 Å². The maximum atomic E-state index is 14.1. The van der Waals surface area contributed by atoms with Gasteiger partial charge in [0.05, 0.1) is 11.8 Å². The molecule has 0 atom stereocenters. The third kappa shape index (κ3) is 4.05. The van der Waals surface area contributed by atoms with Crippen LogP contribution in [0.25, 0.3) is 0 Å². The van der Waals surface area contributed by atoms with Crippen LogP contribution >= 0.6 is 0 Å². The van der Waals surface area contributed by atoms with Crippen molar-refractivity contribution in [3.8, 4) is 0 Å². The lowest BCUT2D eigenvalue weighted by Crippen LogP contribution is -2.27. The van der Waals surface area contributed by atoms with Crippen LogP contribution in [0.5, 0.6) is 0 Å². The van der Waals surface area contributed by atoms with E-state index in [4.69, 9.17) is 4.42 Å². The molecule has 0 aliphatic carbocycles. The van der Waals surface area contributed by atoms with Crippen LogP contribution in [0.3, 0.4) is 0 Å². The second kappa shape index (κ2) is 7.42. The molecule has 0 aliphatic heterocycles. The Balaban J connectivity index is 1.95. The Morgan fingerprint density at radius 1 is 1.38 bits per heavy atom. The molecule has 0 aromatic carbocycles. The van der Waals surface area contributed by atoms with Gasteiger partial charge in [-0.25, -0.2) is 9.37 Å². The number of halogens is 1. The lowest BCUT2D eigenvalue weighted by Gasteiger charge is -2.09. The number of pyridine rings is 1. The normalized spacial score (nSPS) is 10.4. The molecule has 0 aliphatic rings. The summed E-state index contributed by atoms with van der Waals surface area (Å²) in [4.78, 5) is 15.9. The molecule has 2 rings (SSSR count). The maximum Gasteiger partial charge on any atom is 0.254 e. The molecule has 0 saturated heterocycles. The van der Waals surface area contributed by atoms with Crippen LogP contribution in [0.4, 0.5) is 10.2 Å². The Morgan fingerprint density at radius 2 is 2.24 bits per heavy atom. The van der Waals surface area contributed by atoms with Crippen molar-refractivity contribution >= 4 is 11.7 Å². The Kier molecular flexibility index (Phi) is 5.31. The van der Waals surface area contributed by atoms with Gasteiger partial charge in [0.2, 0.25) is 0 Å². The number of carbonyl (C=O) groups is 1. The molecule has 2 N–H and O–H groups in total. The number of nitrogens with one attached hydrogen (secondary N) is 2. The van der Waals surface area contributed by atoms with Crippen molar-refractivity contribution in [2.75, 3.05) is 18.4 Å². The maximum absolute atomic E-state index is 14.1. The topological polar surface area (TPSA) is 67.2 Å². The van der Waals surface area contributed by atoms with Crippen LogP contribution in [0.2, 0.25) is 0 Å². The summed E-state index contributed by atoms with van der Waals surface area (Å²) in [6, 6.07) is 4.98. The van der Waals surface area contributed by atoms with Gasteiger partial charge in [-0.05, 0) is 24.6 Å². The average molecular weight is 291 g/mol. The van der Waals surface area contributed by atoms with Gasteiger partial charge >= 0.3 is 0 Å². The molecule has 21 heavy (non-hydrogen) atoms. The number of nitrogens with zero attached hydrogens (tertiary/aromatic N) is 1.